The first-order chi connectivity index (χ1) is 9.06. The Hall–Kier alpha value is -2.08. The molecule has 0 unspecified atom stereocenters. The highest BCUT2D eigenvalue weighted by atomic mass is 16.6. The summed E-state index contributed by atoms with van der Waals surface area (Å²) in [5.74, 6) is -0.00704. The summed E-state index contributed by atoms with van der Waals surface area (Å²) in [6.45, 7) is 1.96. The molecule has 6 nitrogen and oxygen atoms in total. The Bertz CT molecular complexity index is 460. The molecule has 0 aliphatic carbocycles. The normalized spacial score (nSPS) is 9.84. The van der Waals surface area contributed by atoms with Gasteiger partial charge in [0.1, 0.15) is 5.75 Å². The van der Waals surface area contributed by atoms with Gasteiger partial charge in [0.15, 0.2) is 6.61 Å². The molecule has 0 fully saturated rings. The van der Waals surface area contributed by atoms with Crippen molar-refractivity contribution in [1.82, 2.24) is 5.32 Å². The van der Waals surface area contributed by atoms with Crippen LogP contribution in [0.15, 0.2) is 18.2 Å². The van der Waals surface area contributed by atoms with Gasteiger partial charge in [0.05, 0.1) is 13.7 Å². The number of hydrogen-bond donors (Lipinski definition) is 2. The number of benzene rings is 1. The third-order valence-electron chi connectivity index (χ3n) is 2.39. The van der Waals surface area contributed by atoms with Crippen LogP contribution in [0.5, 0.6) is 5.75 Å². The van der Waals surface area contributed by atoms with E-state index in [1.165, 1.54) is 7.11 Å². The van der Waals surface area contributed by atoms with Crippen LogP contribution in [0.1, 0.15) is 5.56 Å². The van der Waals surface area contributed by atoms with Crippen molar-refractivity contribution in [3.8, 4) is 5.75 Å². The zero-order chi connectivity index (χ0) is 14.3. The summed E-state index contributed by atoms with van der Waals surface area (Å²) in [4.78, 5) is 22.4. The average Bonchev–Trinajstić information content (AvgIpc) is 2.39. The molecule has 0 spiro atoms. The number of amides is 1. The minimum atomic E-state index is -0.441. The van der Waals surface area contributed by atoms with E-state index >= 15 is 0 Å². The second-order valence-electron chi connectivity index (χ2n) is 3.92. The number of esters is 1. The van der Waals surface area contributed by atoms with Crippen LogP contribution in [0.3, 0.4) is 0 Å². The van der Waals surface area contributed by atoms with Crippen LogP contribution in [0.25, 0.3) is 0 Å². The number of carbonyl (C=O) groups excluding carboxylic acids is 2. The van der Waals surface area contributed by atoms with Gasteiger partial charge in [0, 0.05) is 5.69 Å². The lowest BCUT2D eigenvalue weighted by atomic mass is 10.2. The second kappa shape index (κ2) is 7.38. The Morgan fingerprint density at radius 2 is 2.05 bits per heavy atom. The maximum atomic E-state index is 11.4. The molecular formula is C13H18N2O4. The molecule has 2 N–H and O–H groups in total. The molecule has 1 rings (SSSR count). The predicted molar refractivity (Wildman–Crippen MR) is 71.2 cm³/mol. The van der Waals surface area contributed by atoms with Crippen molar-refractivity contribution >= 4 is 17.6 Å². The Balaban J connectivity index is 2.63. The van der Waals surface area contributed by atoms with E-state index in [0.29, 0.717) is 11.4 Å². The summed E-state index contributed by atoms with van der Waals surface area (Å²) in [6, 6.07) is 5.17. The summed E-state index contributed by atoms with van der Waals surface area (Å²) in [5, 5.41) is 5.54. The Kier molecular flexibility index (Phi) is 5.81. The topological polar surface area (TPSA) is 76.7 Å². The first kappa shape index (κ1) is 15.0. The maximum Gasteiger partial charge on any atom is 0.343 e. The SMILES string of the molecule is CNCC(=O)Nc1ccc(OCC(=O)OC)cc1C. The number of anilines is 1. The lowest BCUT2D eigenvalue weighted by molar-refractivity contribution is -0.142. The zero-order valence-corrected chi connectivity index (χ0v) is 11.3. The molecule has 19 heavy (non-hydrogen) atoms. The molecule has 0 radical (unpaired) electrons. The van der Waals surface area contributed by atoms with E-state index in [1.54, 1.807) is 25.2 Å². The minimum absolute atomic E-state index is 0.117. The van der Waals surface area contributed by atoms with E-state index in [0.717, 1.165) is 5.56 Å². The average molecular weight is 266 g/mol. The quantitative estimate of drug-likeness (QED) is 0.741. The van der Waals surface area contributed by atoms with Gasteiger partial charge in [-0.2, -0.15) is 0 Å². The fraction of sp³-hybridized carbons (Fsp3) is 0.385. The van der Waals surface area contributed by atoms with E-state index in [9.17, 15) is 9.59 Å². The third-order valence-corrected chi connectivity index (χ3v) is 2.39. The highest BCUT2D eigenvalue weighted by Crippen LogP contribution is 2.21. The molecule has 0 bridgehead atoms. The number of carbonyl (C=O) groups is 2. The van der Waals surface area contributed by atoms with Crippen molar-refractivity contribution in [2.45, 2.75) is 6.92 Å². The largest absolute Gasteiger partial charge is 0.482 e. The molecule has 0 atom stereocenters. The number of hydrogen-bond acceptors (Lipinski definition) is 5. The smallest absolute Gasteiger partial charge is 0.343 e. The maximum absolute atomic E-state index is 11.4. The molecule has 0 saturated carbocycles. The summed E-state index contributed by atoms with van der Waals surface area (Å²) in [5.41, 5.74) is 1.57. The number of methoxy groups -OCH3 is 1. The minimum Gasteiger partial charge on any atom is -0.482 e. The van der Waals surface area contributed by atoms with Crippen molar-refractivity contribution in [3.05, 3.63) is 23.8 Å². The standard InChI is InChI=1S/C13H18N2O4/c1-9-6-10(19-8-13(17)18-3)4-5-11(9)15-12(16)7-14-2/h4-6,14H,7-8H2,1-3H3,(H,15,16). The number of aryl methyl sites for hydroxylation is 1. The zero-order valence-electron chi connectivity index (χ0n) is 11.3. The number of nitrogens with one attached hydrogen (secondary N) is 2. The van der Waals surface area contributed by atoms with Crippen molar-refractivity contribution in [2.75, 3.05) is 32.6 Å². The fourth-order valence-electron chi connectivity index (χ4n) is 1.42. The Morgan fingerprint density at radius 1 is 1.32 bits per heavy atom. The molecular weight excluding hydrogens is 248 g/mol. The van der Waals surface area contributed by atoms with Gasteiger partial charge in [0.2, 0.25) is 5.91 Å². The first-order valence-electron chi connectivity index (χ1n) is 5.81. The van der Waals surface area contributed by atoms with Gasteiger partial charge in [-0.3, -0.25) is 4.79 Å². The van der Waals surface area contributed by atoms with Crippen LogP contribution in [0, 0.1) is 6.92 Å². The van der Waals surface area contributed by atoms with Crippen LogP contribution in [-0.4, -0.2) is 39.2 Å². The highest BCUT2D eigenvalue weighted by molar-refractivity contribution is 5.93. The van der Waals surface area contributed by atoms with Gasteiger partial charge < -0.3 is 20.1 Å². The first-order valence-corrected chi connectivity index (χ1v) is 5.81. The fourth-order valence-corrected chi connectivity index (χ4v) is 1.42. The van der Waals surface area contributed by atoms with Gasteiger partial charge in [-0.15, -0.1) is 0 Å². The van der Waals surface area contributed by atoms with Crippen molar-refractivity contribution in [2.24, 2.45) is 0 Å². The highest BCUT2D eigenvalue weighted by Gasteiger charge is 2.06. The summed E-state index contributed by atoms with van der Waals surface area (Å²) >= 11 is 0. The van der Waals surface area contributed by atoms with Gasteiger partial charge >= 0.3 is 5.97 Å². The van der Waals surface area contributed by atoms with Gasteiger partial charge in [-0.05, 0) is 37.7 Å². The van der Waals surface area contributed by atoms with Crippen LogP contribution < -0.4 is 15.4 Å². The van der Waals surface area contributed by atoms with Gasteiger partial charge in [0.25, 0.3) is 0 Å². The van der Waals surface area contributed by atoms with Crippen LogP contribution in [-0.2, 0) is 14.3 Å². The molecule has 6 heteroatoms. The number of ether oxygens (including phenoxy) is 2. The van der Waals surface area contributed by atoms with E-state index in [4.69, 9.17) is 4.74 Å². The number of rotatable bonds is 6. The molecule has 0 heterocycles. The van der Waals surface area contributed by atoms with Crippen LogP contribution in [0.2, 0.25) is 0 Å². The van der Waals surface area contributed by atoms with Crippen molar-refractivity contribution in [1.29, 1.82) is 0 Å². The molecule has 1 aromatic carbocycles. The van der Waals surface area contributed by atoms with Crippen LogP contribution >= 0.6 is 0 Å². The monoisotopic (exact) mass is 266 g/mol. The molecule has 1 aromatic rings. The summed E-state index contributed by atoms with van der Waals surface area (Å²) in [7, 11) is 3.01. The number of likely N-dealkylation sites (N-methyl/N-ethyl adjacent to an activating group) is 1. The molecule has 1 amide bonds. The Labute approximate surface area is 112 Å². The summed E-state index contributed by atoms with van der Waals surface area (Å²) < 4.78 is 9.72. The van der Waals surface area contributed by atoms with Gasteiger partial charge in [-0.1, -0.05) is 0 Å². The van der Waals surface area contributed by atoms with E-state index in [1.807, 2.05) is 6.92 Å². The van der Waals surface area contributed by atoms with E-state index in [2.05, 4.69) is 15.4 Å². The second-order valence-corrected chi connectivity index (χ2v) is 3.92. The van der Waals surface area contributed by atoms with E-state index < -0.39 is 5.97 Å². The lowest BCUT2D eigenvalue weighted by Crippen LogP contribution is -2.25. The molecule has 0 aliphatic heterocycles. The van der Waals surface area contributed by atoms with E-state index in [-0.39, 0.29) is 19.1 Å². The third kappa shape index (κ3) is 4.97. The molecule has 0 saturated heterocycles. The summed E-state index contributed by atoms with van der Waals surface area (Å²) in [6.07, 6.45) is 0. The van der Waals surface area contributed by atoms with Crippen molar-refractivity contribution < 1.29 is 19.1 Å². The predicted octanol–water partition coefficient (Wildman–Crippen LogP) is 0.705. The van der Waals surface area contributed by atoms with Gasteiger partial charge in [-0.25, -0.2) is 4.79 Å². The lowest BCUT2D eigenvalue weighted by Gasteiger charge is -2.10. The van der Waals surface area contributed by atoms with Crippen LogP contribution in [0.4, 0.5) is 5.69 Å². The van der Waals surface area contributed by atoms with Crippen molar-refractivity contribution in [3.63, 3.8) is 0 Å². The molecule has 0 aromatic heterocycles. The molecule has 0 aliphatic rings. The molecule has 104 valence electrons. The Morgan fingerprint density at radius 3 is 2.63 bits per heavy atom.